The molecule has 0 fully saturated rings. The number of nitrogens with two attached hydrogens (primary N) is 1. The number of aryl methyl sites for hydroxylation is 1. The molecule has 0 heterocycles. The number of hydrogen-bond acceptors (Lipinski definition) is 2. The van der Waals surface area contributed by atoms with Crippen molar-refractivity contribution in [2.75, 3.05) is 13.2 Å². The number of benzene rings is 2. The van der Waals surface area contributed by atoms with E-state index in [0.717, 1.165) is 16.6 Å². The molecular formula is C18H22BrNO. The Labute approximate surface area is 135 Å². The van der Waals surface area contributed by atoms with Gasteiger partial charge in [0.25, 0.3) is 0 Å². The summed E-state index contributed by atoms with van der Waals surface area (Å²) in [4.78, 5) is 0. The van der Waals surface area contributed by atoms with Gasteiger partial charge in [0, 0.05) is 10.4 Å². The highest BCUT2D eigenvalue weighted by molar-refractivity contribution is 9.10. The molecule has 2 aromatic carbocycles. The van der Waals surface area contributed by atoms with Gasteiger partial charge in [-0.05, 0) is 56.1 Å². The van der Waals surface area contributed by atoms with Crippen molar-refractivity contribution < 1.29 is 4.74 Å². The van der Waals surface area contributed by atoms with E-state index in [9.17, 15) is 0 Å². The average Bonchev–Trinajstić information content (AvgIpc) is 2.47. The van der Waals surface area contributed by atoms with Crippen molar-refractivity contribution in [2.24, 2.45) is 5.73 Å². The molecule has 0 saturated heterocycles. The van der Waals surface area contributed by atoms with Crippen molar-refractivity contribution in [1.29, 1.82) is 0 Å². The number of rotatable bonds is 6. The Morgan fingerprint density at radius 3 is 2.67 bits per heavy atom. The third kappa shape index (κ3) is 4.32. The first-order chi connectivity index (χ1) is 10.1. The van der Waals surface area contributed by atoms with Crippen LogP contribution < -0.4 is 10.5 Å². The molecule has 1 unspecified atom stereocenters. The summed E-state index contributed by atoms with van der Waals surface area (Å²) in [5.74, 6) is 1.22. The Balaban J connectivity index is 2.30. The SMILES string of the molecule is CCOc1ccc(C)cc1C(CN)Cc1cccc(Br)c1. The molecule has 0 aliphatic heterocycles. The molecular weight excluding hydrogens is 326 g/mol. The molecule has 1 atom stereocenters. The van der Waals surface area contributed by atoms with Crippen molar-refractivity contribution in [2.45, 2.75) is 26.2 Å². The van der Waals surface area contributed by atoms with Crippen LogP contribution in [0, 0.1) is 6.92 Å². The van der Waals surface area contributed by atoms with Crippen LogP contribution in [-0.4, -0.2) is 13.2 Å². The molecule has 2 N–H and O–H groups in total. The van der Waals surface area contributed by atoms with Crippen molar-refractivity contribution in [3.63, 3.8) is 0 Å². The summed E-state index contributed by atoms with van der Waals surface area (Å²) in [5.41, 5.74) is 9.76. The summed E-state index contributed by atoms with van der Waals surface area (Å²) in [6.07, 6.45) is 0.916. The van der Waals surface area contributed by atoms with Crippen LogP contribution in [0.2, 0.25) is 0 Å². The van der Waals surface area contributed by atoms with Crippen molar-refractivity contribution >= 4 is 15.9 Å². The van der Waals surface area contributed by atoms with Crippen molar-refractivity contribution in [3.8, 4) is 5.75 Å². The van der Waals surface area contributed by atoms with E-state index in [2.05, 4.69) is 59.3 Å². The highest BCUT2D eigenvalue weighted by atomic mass is 79.9. The first-order valence-electron chi connectivity index (χ1n) is 7.32. The topological polar surface area (TPSA) is 35.2 Å². The summed E-state index contributed by atoms with van der Waals surface area (Å²) in [6.45, 7) is 5.39. The van der Waals surface area contributed by atoms with Crippen LogP contribution in [0.25, 0.3) is 0 Å². The summed E-state index contributed by atoms with van der Waals surface area (Å²) >= 11 is 3.53. The fourth-order valence-corrected chi connectivity index (χ4v) is 2.99. The zero-order valence-corrected chi connectivity index (χ0v) is 14.2. The van der Waals surface area contributed by atoms with E-state index < -0.39 is 0 Å². The van der Waals surface area contributed by atoms with Gasteiger partial charge in [-0.25, -0.2) is 0 Å². The smallest absolute Gasteiger partial charge is 0.122 e. The van der Waals surface area contributed by atoms with Gasteiger partial charge >= 0.3 is 0 Å². The number of hydrogen-bond donors (Lipinski definition) is 1. The van der Waals surface area contributed by atoms with E-state index in [-0.39, 0.29) is 5.92 Å². The molecule has 3 heteroatoms. The van der Waals surface area contributed by atoms with Gasteiger partial charge in [-0.1, -0.05) is 45.8 Å². The lowest BCUT2D eigenvalue weighted by molar-refractivity contribution is 0.334. The number of halogens is 1. The average molecular weight is 348 g/mol. The van der Waals surface area contributed by atoms with E-state index >= 15 is 0 Å². The zero-order chi connectivity index (χ0) is 15.2. The fraction of sp³-hybridized carbons (Fsp3) is 0.333. The standard InChI is InChI=1S/C18H22BrNO/c1-3-21-18-8-7-13(2)9-17(18)15(12-20)10-14-5-4-6-16(19)11-14/h4-9,11,15H,3,10,12,20H2,1-2H3. The monoisotopic (exact) mass is 347 g/mol. The molecule has 21 heavy (non-hydrogen) atoms. The predicted molar refractivity (Wildman–Crippen MR) is 92.0 cm³/mol. The molecule has 0 spiro atoms. The summed E-state index contributed by atoms with van der Waals surface area (Å²) in [6, 6.07) is 14.7. The minimum atomic E-state index is 0.265. The molecule has 2 aromatic rings. The maximum atomic E-state index is 6.04. The first-order valence-corrected chi connectivity index (χ1v) is 8.11. The highest BCUT2D eigenvalue weighted by Crippen LogP contribution is 2.30. The van der Waals surface area contributed by atoms with Gasteiger partial charge in [0.2, 0.25) is 0 Å². The molecule has 0 aliphatic carbocycles. The fourth-order valence-electron chi connectivity index (χ4n) is 2.54. The van der Waals surface area contributed by atoms with E-state index in [1.54, 1.807) is 0 Å². The van der Waals surface area contributed by atoms with E-state index in [1.807, 2.05) is 13.0 Å². The predicted octanol–water partition coefficient (Wildman–Crippen LogP) is 4.44. The van der Waals surface area contributed by atoms with Crippen LogP contribution in [0.5, 0.6) is 5.75 Å². The second kappa shape index (κ2) is 7.62. The molecule has 2 rings (SSSR count). The van der Waals surface area contributed by atoms with E-state index in [1.165, 1.54) is 16.7 Å². The van der Waals surface area contributed by atoms with E-state index in [0.29, 0.717) is 13.2 Å². The maximum absolute atomic E-state index is 6.04. The van der Waals surface area contributed by atoms with Gasteiger partial charge in [-0.2, -0.15) is 0 Å². The molecule has 0 aliphatic rings. The lowest BCUT2D eigenvalue weighted by Gasteiger charge is -2.20. The van der Waals surface area contributed by atoms with Crippen LogP contribution in [-0.2, 0) is 6.42 Å². The normalized spacial score (nSPS) is 12.2. The van der Waals surface area contributed by atoms with Crippen molar-refractivity contribution in [1.82, 2.24) is 0 Å². The second-order valence-corrected chi connectivity index (χ2v) is 6.16. The van der Waals surface area contributed by atoms with Gasteiger partial charge < -0.3 is 10.5 Å². The first kappa shape index (κ1) is 16.1. The maximum Gasteiger partial charge on any atom is 0.122 e. The summed E-state index contributed by atoms with van der Waals surface area (Å²) in [7, 11) is 0. The Kier molecular flexibility index (Phi) is 5.83. The van der Waals surface area contributed by atoms with Crippen LogP contribution in [0.4, 0.5) is 0 Å². The Morgan fingerprint density at radius 1 is 1.19 bits per heavy atom. The van der Waals surface area contributed by atoms with Crippen LogP contribution in [0.15, 0.2) is 46.9 Å². The number of ether oxygens (including phenoxy) is 1. The van der Waals surface area contributed by atoms with Crippen LogP contribution >= 0.6 is 15.9 Å². The molecule has 0 aromatic heterocycles. The molecule has 2 nitrogen and oxygen atoms in total. The second-order valence-electron chi connectivity index (χ2n) is 5.24. The van der Waals surface area contributed by atoms with Gasteiger partial charge in [-0.3, -0.25) is 0 Å². The summed E-state index contributed by atoms with van der Waals surface area (Å²) in [5, 5.41) is 0. The Hall–Kier alpha value is -1.32. The van der Waals surface area contributed by atoms with Gasteiger partial charge in [0.15, 0.2) is 0 Å². The Bertz CT molecular complexity index is 598. The lowest BCUT2D eigenvalue weighted by Crippen LogP contribution is -2.16. The zero-order valence-electron chi connectivity index (χ0n) is 12.6. The Morgan fingerprint density at radius 2 is 2.00 bits per heavy atom. The molecule has 0 amide bonds. The third-order valence-corrected chi connectivity index (χ3v) is 4.05. The minimum absolute atomic E-state index is 0.265. The molecule has 0 radical (unpaired) electrons. The molecule has 0 bridgehead atoms. The minimum Gasteiger partial charge on any atom is -0.494 e. The van der Waals surface area contributed by atoms with Gasteiger partial charge in [0.05, 0.1) is 6.61 Å². The van der Waals surface area contributed by atoms with Crippen molar-refractivity contribution in [3.05, 3.63) is 63.6 Å². The third-order valence-electron chi connectivity index (χ3n) is 3.56. The summed E-state index contributed by atoms with van der Waals surface area (Å²) < 4.78 is 6.87. The highest BCUT2D eigenvalue weighted by Gasteiger charge is 2.16. The van der Waals surface area contributed by atoms with Crippen LogP contribution in [0.3, 0.4) is 0 Å². The van der Waals surface area contributed by atoms with Gasteiger partial charge in [-0.15, -0.1) is 0 Å². The largest absolute Gasteiger partial charge is 0.494 e. The van der Waals surface area contributed by atoms with Crippen LogP contribution in [0.1, 0.15) is 29.5 Å². The molecule has 112 valence electrons. The van der Waals surface area contributed by atoms with Gasteiger partial charge in [0.1, 0.15) is 5.75 Å². The van der Waals surface area contributed by atoms with E-state index in [4.69, 9.17) is 10.5 Å². The lowest BCUT2D eigenvalue weighted by atomic mass is 9.90. The molecule has 0 saturated carbocycles. The quantitative estimate of drug-likeness (QED) is 0.838.